The maximum Gasteiger partial charge on any atom is 0.326 e. The van der Waals surface area contributed by atoms with Crippen LogP contribution in [0.3, 0.4) is 0 Å². The SMILES string of the molecule is CCC(C)C(NC(=O)c1cn(-c2cccc(C)c2)nn1)C(=O)O. The molecule has 1 heterocycles. The van der Waals surface area contributed by atoms with Gasteiger partial charge in [0.1, 0.15) is 6.04 Å². The number of nitrogens with one attached hydrogen (secondary N) is 1. The molecule has 23 heavy (non-hydrogen) atoms. The molecule has 0 aliphatic rings. The highest BCUT2D eigenvalue weighted by Gasteiger charge is 2.26. The lowest BCUT2D eigenvalue weighted by atomic mass is 9.99. The van der Waals surface area contributed by atoms with Gasteiger partial charge in [-0.3, -0.25) is 4.79 Å². The molecular formula is C16H20N4O3. The van der Waals surface area contributed by atoms with Crippen molar-refractivity contribution >= 4 is 11.9 Å². The van der Waals surface area contributed by atoms with Crippen molar-refractivity contribution in [2.75, 3.05) is 0 Å². The van der Waals surface area contributed by atoms with Crippen LogP contribution < -0.4 is 5.32 Å². The Balaban J connectivity index is 2.16. The third kappa shape index (κ3) is 3.94. The van der Waals surface area contributed by atoms with Crippen molar-refractivity contribution < 1.29 is 14.7 Å². The quantitative estimate of drug-likeness (QED) is 0.847. The molecule has 0 saturated heterocycles. The molecule has 7 nitrogen and oxygen atoms in total. The summed E-state index contributed by atoms with van der Waals surface area (Å²) in [6.07, 6.45) is 2.13. The summed E-state index contributed by atoms with van der Waals surface area (Å²) < 4.78 is 1.49. The summed E-state index contributed by atoms with van der Waals surface area (Å²) in [5, 5.41) is 19.5. The maximum atomic E-state index is 12.2. The second-order valence-electron chi connectivity index (χ2n) is 5.56. The number of nitrogens with zero attached hydrogens (tertiary/aromatic N) is 3. The Kier molecular flexibility index (Phi) is 5.10. The second kappa shape index (κ2) is 7.04. The smallest absolute Gasteiger partial charge is 0.326 e. The fraction of sp³-hybridized carbons (Fsp3) is 0.375. The maximum absolute atomic E-state index is 12.2. The van der Waals surface area contributed by atoms with Crippen LogP contribution in [0.15, 0.2) is 30.5 Å². The number of hydrogen-bond acceptors (Lipinski definition) is 4. The highest BCUT2D eigenvalue weighted by atomic mass is 16.4. The second-order valence-corrected chi connectivity index (χ2v) is 5.56. The van der Waals surface area contributed by atoms with E-state index in [1.165, 1.54) is 10.9 Å². The number of aryl methyl sites for hydroxylation is 1. The van der Waals surface area contributed by atoms with Gasteiger partial charge in [-0.05, 0) is 30.5 Å². The van der Waals surface area contributed by atoms with Gasteiger partial charge in [0.25, 0.3) is 5.91 Å². The summed E-state index contributed by atoms with van der Waals surface area (Å²) in [7, 11) is 0. The minimum absolute atomic E-state index is 0.0843. The number of carboxylic acids is 1. The van der Waals surface area contributed by atoms with Gasteiger partial charge in [0.15, 0.2) is 5.69 Å². The van der Waals surface area contributed by atoms with Crippen LogP contribution in [-0.2, 0) is 4.79 Å². The van der Waals surface area contributed by atoms with E-state index in [1.807, 2.05) is 38.1 Å². The van der Waals surface area contributed by atoms with Crippen LogP contribution in [0, 0.1) is 12.8 Å². The average molecular weight is 316 g/mol. The van der Waals surface area contributed by atoms with Gasteiger partial charge in [0.05, 0.1) is 11.9 Å². The van der Waals surface area contributed by atoms with Gasteiger partial charge in [-0.1, -0.05) is 37.6 Å². The molecule has 0 fully saturated rings. The summed E-state index contributed by atoms with van der Waals surface area (Å²) in [5.74, 6) is -1.78. The predicted octanol–water partition coefficient (Wildman–Crippen LogP) is 1.80. The molecule has 1 aromatic carbocycles. The van der Waals surface area contributed by atoms with Crippen LogP contribution >= 0.6 is 0 Å². The Morgan fingerprint density at radius 3 is 2.74 bits per heavy atom. The zero-order valence-electron chi connectivity index (χ0n) is 13.4. The Labute approximate surface area is 134 Å². The first-order valence-corrected chi connectivity index (χ1v) is 7.45. The topological polar surface area (TPSA) is 97.1 Å². The molecule has 7 heteroatoms. The number of aliphatic carboxylic acids is 1. The van der Waals surface area contributed by atoms with Crippen molar-refractivity contribution in [3.63, 3.8) is 0 Å². The van der Waals surface area contributed by atoms with Gasteiger partial charge < -0.3 is 10.4 Å². The molecule has 0 saturated carbocycles. The van der Waals surface area contributed by atoms with E-state index >= 15 is 0 Å². The lowest BCUT2D eigenvalue weighted by Gasteiger charge is -2.19. The molecule has 0 radical (unpaired) electrons. The molecular weight excluding hydrogens is 296 g/mol. The van der Waals surface area contributed by atoms with E-state index in [0.717, 1.165) is 11.3 Å². The van der Waals surface area contributed by atoms with E-state index in [2.05, 4.69) is 15.6 Å². The van der Waals surface area contributed by atoms with E-state index in [1.54, 1.807) is 6.92 Å². The number of carbonyl (C=O) groups is 2. The number of hydrogen-bond donors (Lipinski definition) is 2. The van der Waals surface area contributed by atoms with E-state index in [0.29, 0.717) is 6.42 Å². The van der Waals surface area contributed by atoms with Gasteiger partial charge in [0.2, 0.25) is 0 Å². The highest BCUT2D eigenvalue weighted by molar-refractivity contribution is 5.94. The number of benzene rings is 1. The molecule has 0 spiro atoms. The molecule has 2 aromatic rings. The summed E-state index contributed by atoms with van der Waals surface area (Å²) in [6, 6.07) is 6.65. The van der Waals surface area contributed by atoms with Crippen LogP contribution in [0.25, 0.3) is 5.69 Å². The molecule has 0 bridgehead atoms. The van der Waals surface area contributed by atoms with Crippen LogP contribution in [0.1, 0.15) is 36.3 Å². The van der Waals surface area contributed by atoms with E-state index < -0.39 is 17.9 Å². The lowest BCUT2D eigenvalue weighted by molar-refractivity contribution is -0.140. The number of rotatable bonds is 6. The zero-order chi connectivity index (χ0) is 17.0. The van der Waals surface area contributed by atoms with Crippen molar-refractivity contribution in [3.05, 3.63) is 41.7 Å². The van der Waals surface area contributed by atoms with Crippen LogP contribution in [0.5, 0.6) is 0 Å². The van der Waals surface area contributed by atoms with Crippen molar-refractivity contribution in [2.24, 2.45) is 5.92 Å². The fourth-order valence-electron chi connectivity index (χ4n) is 2.16. The largest absolute Gasteiger partial charge is 0.480 e. The molecule has 122 valence electrons. The monoisotopic (exact) mass is 316 g/mol. The molecule has 0 aliphatic heterocycles. The minimum Gasteiger partial charge on any atom is -0.480 e. The van der Waals surface area contributed by atoms with Crippen molar-refractivity contribution in [1.82, 2.24) is 20.3 Å². The van der Waals surface area contributed by atoms with E-state index in [4.69, 9.17) is 0 Å². The molecule has 2 rings (SSSR count). The summed E-state index contributed by atoms with van der Waals surface area (Å²) in [5.41, 5.74) is 1.93. The zero-order valence-corrected chi connectivity index (χ0v) is 13.4. The van der Waals surface area contributed by atoms with Gasteiger partial charge >= 0.3 is 5.97 Å². The normalized spacial score (nSPS) is 13.3. The number of carbonyl (C=O) groups excluding carboxylic acids is 1. The third-order valence-electron chi connectivity index (χ3n) is 3.76. The minimum atomic E-state index is -1.06. The summed E-state index contributed by atoms with van der Waals surface area (Å²) in [6.45, 7) is 5.61. The Morgan fingerprint density at radius 2 is 2.13 bits per heavy atom. The van der Waals surface area contributed by atoms with Gasteiger partial charge in [-0.15, -0.1) is 5.10 Å². The summed E-state index contributed by atoms with van der Waals surface area (Å²) >= 11 is 0. The van der Waals surface area contributed by atoms with Crippen LogP contribution in [0.2, 0.25) is 0 Å². The van der Waals surface area contributed by atoms with Crippen molar-refractivity contribution in [1.29, 1.82) is 0 Å². The average Bonchev–Trinajstić information content (AvgIpc) is 3.01. The molecule has 2 atom stereocenters. The summed E-state index contributed by atoms with van der Waals surface area (Å²) in [4.78, 5) is 23.5. The van der Waals surface area contributed by atoms with Gasteiger partial charge in [-0.25, -0.2) is 9.48 Å². The van der Waals surface area contributed by atoms with Gasteiger partial charge in [-0.2, -0.15) is 0 Å². The Morgan fingerprint density at radius 1 is 1.39 bits per heavy atom. The van der Waals surface area contributed by atoms with E-state index in [9.17, 15) is 14.7 Å². The molecule has 2 unspecified atom stereocenters. The van der Waals surface area contributed by atoms with Crippen molar-refractivity contribution in [3.8, 4) is 5.69 Å². The molecule has 1 amide bonds. The number of amides is 1. The molecule has 2 N–H and O–H groups in total. The molecule has 0 aliphatic carbocycles. The first kappa shape index (κ1) is 16.7. The third-order valence-corrected chi connectivity index (χ3v) is 3.76. The first-order valence-electron chi connectivity index (χ1n) is 7.45. The first-order chi connectivity index (χ1) is 10.9. The Bertz CT molecular complexity index is 711. The number of aromatic nitrogens is 3. The predicted molar refractivity (Wildman–Crippen MR) is 84.4 cm³/mol. The van der Waals surface area contributed by atoms with Crippen LogP contribution in [0.4, 0.5) is 0 Å². The van der Waals surface area contributed by atoms with Crippen molar-refractivity contribution in [2.45, 2.75) is 33.2 Å². The lowest BCUT2D eigenvalue weighted by Crippen LogP contribution is -2.45. The van der Waals surface area contributed by atoms with E-state index in [-0.39, 0.29) is 11.6 Å². The molecule has 1 aromatic heterocycles. The fourth-order valence-corrected chi connectivity index (χ4v) is 2.16. The Hall–Kier alpha value is -2.70. The highest BCUT2D eigenvalue weighted by Crippen LogP contribution is 2.11. The van der Waals surface area contributed by atoms with Gasteiger partial charge in [0, 0.05) is 0 Å². The number of carboxylic acid groups (broad SMARTS) is 1. The van der Waals surface area contributed by atoms with Crippen LogP contribution in [-0.4, -0.2) is 38.0 Å². The standard InChI is InChI=1S/C16H20N4O3/c1-4-11(3)14(16(22)23)17-15(21)13-9-20(19-18-13)12-7-5-6-10(2)8-12/h5-9,11,14H,4H2,1-3H3,(H,17,21)(H,22,23).